The van der Waals surface area contributed by atoms with Gasteiger partial charge >= 0.3 is 0 Å². The van der Waals surface area contributed by atoms with Crippen molar-refractivity contribution in [2.24, 2.45) is 5.92 Å². The highest BCUT2D eigenvalue weighted by Gasteiger charge is 2.23. The number of rotatable bonds is 2. The number of fused-ring (bicyclic) bond motifs is 1. The molecule has 1 fully saturated rings. The van der Waals surface area contributed by atoms with E-state index in [0.717, 1.165) is 25.6 Å². The Morgan fingerprint density at radius 1 is 1.50 bits per heavy atom. The Morgan fingerprint density at radius 2 is 2.42 bits per heavy atom. The summed E-state index contributed by atoms with van der Waals surface area (Å²) < 4.78 is 2.13. The van der Waals surface area contributed by atoms with Crippen LogP contribution in [0, 0.1) is 5.92 Å². The number of nitrogens with zero attached hydrogens (tertiary/aromatic N) is 2. The third-order valence-electron chi connectivity index (χ3n) is 2.67. The lowest BCUT2D eigenvalue weighted by Gasteiger charge is -1.98. The highest BCUT2D eigenvalue weighted by atomic mass is 15.3. The maximum absolute atomic E-state index is 4.53. The van der Waals surface area contributed by atoms with E-state index in [4.69, 9.17) is 0 Å². The summed E-state index contributed by atoms with van der Waals surface area (Å²) in [5, 5.41) is 7.81. The van der Waals surface area contributed by atoms with Gasteiger partial charge in [-0.3, -0.25) is 4.68 Å². The molecule has 1 saturated carbocycles. The van der Waals surface area contributed by atoms with Crippen LogP contribution in [0.3, 0.4) is 0 Å². The summed E-state index contributed by atoms with van der Waals surface area (Å²) in [5.41, 5.74) is 2.66. The smallest absolute Gasteiger partial charge is 0.0807 e. The first-order valence-electron chi connectivity index (χ1n) is 4.68. The maximum Gasteiger partial charge on any atom is 0.0807 e. The van der Waals surface area contributed by atoms with Gasteiger partial charge in [-0.15, -0.1) is 0 Å². The Kier molecular flexibility index (Phi) is 1.29. The third kappa shape index (κ3) is 1.05. The molecule has 3 rings (SSSR count). The second-order valence-electron chi connectivity index (χ2n) is 3.87. The molecule has 0 saturated heterocycles. The molecule has 0 radical (unpaired) electrons. The maximum atomic E-state index is 4.53. The van der Waals surface area contributed by atoms with Crippen molar-refractivity contribution in [3.63, 3.8) is 0 Å². The predicted octanol–water partition coefficient (Wildman–Crippen LogP) is 0.896. The van der Waals surface area contributed by atoms with Crippen molar-refractivity contribution in [1.82, 2.24) is 15.1 Å². The third-order valence-corrected chi connectivity index (χ3v) is 2.67. The molecule has 0 atom stereocenters. The molecular formula is C9H13N3. The van der Waals surface area contributed by atoms with Crippen LogP contribution in [-0.2, 0) is 19.6 Å². The molecule has 3 nitrogen and oxygen atoms in total. The zero-order chi connectivity index (χ0) is 7.97. The van der Waals surface area contributed by atoms with E-state index < -0.39 is 0 Å². The largest absolute Gasteiger partial charge is 0.307 e. The minimum Gasteiger partial charge on any atom is -0.307 e. The molecule has 0 spiro atoms. The summed E-state index contributed by atoms with van der Waals surface area (Å²) in [7, 11) is 0. The minimum atomic E-state index is 0.929. The number of aromatic nitrogens is 2. The van der Waals surface area contributed by atoms with Crippen LogP contribution in [0.2, 0.25) is 0 Å². The predicted molar refractivity (Wildman–Crippen MR) is 45.5 cm³/mol. The molecule has 12 heavy (non-hydrogen) atoms. The van der Waals surface area contributed by atoms with E-state index >= 15 is 0 Å². The zero-order valence-electron chi connectivity index (χ0n) is 7.08. The van der Waals surface area contributed by atoms with E-state index in [9.17, 15) is 0 Å². The van der Waals surface area contributed by atoms with Gasteiger partial charge in [-0.2, -0.15) is 5.10 Å². The van der Waals surface area contributed by atoms with Crippen molar-refractivity contribution < 1.29 is 0 Å². The van der Waals surface area contributed by atoms with Crippen LogP contribution >= 0.6 is 0 Å². The highest BCUT2D eigenvalue weighted by Crippen LogP contribution is 2.30. The molecule has 2 heterocycles. The van der Waals surface area contributed by atoms with Crippen LogP contribution in [-0.4, -0.2) is 9.78 Å². The van der Waals surface area contributed by atoms with Crippen LogP contribution in [0.15, 0.2) is 6.20 Å². The lowest BCUT2D eigenvalue weighted by Crippen LogP contribution is -2.06. The molecule has 0 unspecified atom stereocenters. The van der Waals surface area contributed by atoms with Crippen LogP contribution in [0.1, 0.15) is 24.1 Å². The molecule has 0 aromatic carbocycles. The van der Waals surface area contributed by atoms with Crippen molar-refractivity contribution in [3.05, 3.63) is 17.5 Å². The van der Waals surface area contributed by atoms with Gasteiger partial charge in [0.2, 0.25) is 0 Å². The fourth-order valence-corrected chi connectivity index (χ4v) is 1.77. The SMILES string of the molecule is c1c2c(nn1CC1CC1)CNC2. The Labute approximate surface area is 71.8 Å². The van der Waals surface area contributed by atoms with E-state index in [1.165, 1.54) is 24.1 Å². The average molecular weight is 163 g/mol. The lowest BCUT2D eigenvalue weighted by atomic mass is 10.3. The molecule has 2 aliphatic rings. The molecule has 64 valence electrons. The lowest BCUT2D eigenvalue weighted by molar-refractivity contribution is 0.549. The fourth-order valence-electron chi connectivity index (χ4n) is 1.77. The summed E-state index contributed by atoms with van der Waals surface area (Å²) in [5.74, 6) is 0.929. The molecule has 1 aliphatic heterocycles. The van der Waals surface area contributed by atoms with Crippen LogP contribution in [0.25, 0.3) is 0 Å². The van der Waals surface area contributed by atoms with Crippen molar-refractivity contribution in [3.8, 4) is 0 Å². The Bertz CT molecular complexity index is 277. The first-order valence-corrected chi connectivity index (χ1v) is 4.68. The van der Waals surface area contributed by atoms with E-state index in [2.05, 4.69) is 21.3 Å². The van der Waals surface area contributed by atoms with Gasteiger partial charge in [0.25, 0.3) is 0 Å². The van der Waals surface area contributed by atoms with Gasteiger partial charge in [-0.05, 0) is 18.8 Å². The van der Waals surface area contributed by atoms with Gasteiger partial charge in [0.15, 0.2) is 0 Å². The van der Waals surface area contributed by atoms with Gasteiger partial charge in [-0.1, -0.05) is 0 Å². The quantitative estimate of drug-likeness (QED) is 0.702. The minimum absolute atomic E-state index is 0.929. The summed E-state index contributed by atoms with van der Waals surface area (Å²) in [6, 6.07) is 0. The van der Waals surface area contributed by atoms with Crippen LogP contribution in [0.4, 0.5) is 0 Å². The van der Waals surface area contributed by atoms with E-state index in [-0.39, 0.29) is 0 Å². The molecule has 0 amide bonds. The summed E-state index contributed by atoms with van der Waals surface area (Å²) in [4.78, 5) is 0. The number of nitrogens with one attached hydrogen (secondary N) is 1. The monoisotopic (exact) mass is 163 g/mol. The molecule has 0 bridgehead atoms. The standard InChI is InChI=1S/C9H13N3/c1-2-7(1)5-12-6-8-3-10-4-9(8)11-12/h6-7,10H,1-5H2. The van der Waals surface area contributed by atoms with E-state index in [0.29, 0.717) is 0 Å². The summed E-state index contributed by atoms with van der Waals surface area (Å²) in [6.45, 7) is 3.12. The molecular weight excluding hydrogens is 150 g/mol. The van der Waals surface area contributed by atoms with Gasteiger partial charge < -0.3 is 5.32 Å². The Balaban J connectivity index is 1.82. The van der Waals surface area contributed by atoms with Gasteiger partial charge in [0.1, 0.15) is 0 Å². The normalized spacial score (nSPS) is 21.3. The van der Waals surface area contributed by atoms with E-state index in [1.807, 2.05) is 0 Å². The summed E-state index contributed by atoms with van der Waals surface area (Å²) in [6.07, 6.45) is 5.01. The first-order chi connectivity index (χ1) is 5.92. The van der Waals surface area contributed by atoms with Crippen LogP contribution < -0.4 is 5.32 Å². The van der Waals surface area contributed by atoms with Crippen molar-refractivity contribution >= 4 is 0 Å². The molecule has 1 N–H and O–H groups in total. The van der Waals surface area contributed by atoms with Crippen LogP contribution in [0.5, 0.6) is 0 Å². The van der Waals surface area contributed by atoms with Crippen molar-refractivity contribution in [2.75, 3.05) is 0 Å². The molecule has 3 heteroatoms. The summed E-state index contributed by atoms with van der Waals surface area (Å²) >= 11 is 0. The number of hydrogen-bond donors (Lipinski definition) is 1. The Morgan fingerprint density at radius 3 is 3.17 bits per heavy atom. The Hall–Kier alpha value is -0.830. The second kappa shape index (κ2) is 2.33. The fraction of sp³-hybridized carbons (Fsp3) is 0.667. The zero-order valence-corrected chi connectivity index (χ0v) is 7.08. The van der Waals surface area contributed by atoms with Gasteiger partial charge in [-0.25, -0.2) is 0 Å². The topological polar surface area (TPSA) is 29.9 Å². The molecule has 1 aliphatic carbocycles. The molecule has 1 aromatic heterocycles. The van der Waals surface area contributed by atoms with Crippen molar-refractivity contribution in [2.45, 2.75) is 32.5 Å². The second-order valence-corrected chi connectivity index (χ2v) is 3.87. The van der Waals surface area contributed by atoms with Gasteiger partial charge in [0, 0.05) is 31.4 Å². The molecule has 1 aromatic rings. The van der Waals surface area contributed by atoms with E-state index in [1.54, 1.807) is 0 Å². The first kappa shape index (κ1) is 6.66. The van der Waals surface area contributed by atoms with Gasteiger partial charge in [0.05, 0.1) is 5.69 Å². The average Bonchev–Trinajstić information content (AvgIpc) is 2.56. The highest BCUT2D eigenvalue weighted by molar-refractivity contribution is 5.20. The number of hydrogen-bond acceptors (Lipinski definition) is 2. The van der Waals surface area contributed by atoms with Crippen molar-refractivity contribution in [1.29, 1.82) is 0 Å².